The second kappa shape index (κ2) is 10.2. The molecule has 0 aliphatic rings. The van der Waals surface area contributed by atoms with Gasteiger partial charge in [0.1, 0.15) is 5.76 Å². The van der Waals surface area contributed by atoms with Crippen LogP contribution in [0, 0.1) is 0 Å². The van der Waals surface area contributed by atoms with Gasteiger partial charge in [-0.15, -0.1) is 10.2 Å². The summed E-state index contributed by atoms with van der Waals surface area (Å²) in [7, 11) is 3.13. The molecular weight excluding hydrogens is 410 g/mol. The van der Waals surface area contributed by atoms with E-state index in [0.29, 0.717) is 29.0 Å². The van der Waals surface area contributed by atoms with Crippen molar-refractivity contribution in [2.75, 3.05) is 31.2 Å². The number of methoxy groups -OCH3 is 2. The highest BCUT2D eigenvalue weighted by atomic mass is 32.2. The predicted octanol–water partition coefficient (Wildman–Crippen LogP) is 1.46. The number of rotatable bonds is 10. The molecule has 3 rings (SSSR count). The third-order valence-corrected chi connectivity index (χ3v) is 4.77. The van der Waals surface area contributed by atoms with Crippen LogP contribution < -0.4 is 26.1 Å². The van der Waals surface area contributed by atoms with Crippen molar-refractivity contribution >= 4 is 29.8 Å². The summed E-state index contributed by atoms with van der Waals surface area (Å²) in [6.07, 6.45) is 3.13. The van der Waals surface area contributed by atoms with Gasteiger partial charge >= 0.3 is 0 Å². The van der Waals surface area contributed by atoms with Gasteiger partial charge in [-0.1, -0.05) is 11.8 Å². The molecule has 30 heavy (non-hydrogen) atoms. The average Bonchev–Trinajstić information content (AvgIpc) is 3.41. The summed E-state index contributed by atoms with van der Waals surface area (Å²) in [5.41, 5.74) is 3.50. The molecule has 0 aliphatic carbocycles. The summed E-state index contributed by atoms with van der Waals surface area (Å²) in [6.45, 7) is 0.319. The van der Waals surface area contributed by atoms with Crippen molar-refractivity contribution in [1.82, 2.24) is 20.2 Å². The quantitative estimate of drug-likeness (QED) is 0.188. The van der Waals surface area contributed by atoms with Crippen LogP contribution in [-0.4, -0.2) is 47.0 Å². The second-order valence-corrected chi connectivity index (χ2v) is 6.75. The fourth-order valence-electron chi connectivity index (χ4n) is 2.33. The Kier molecular flexibility index (Phi) is 7.16. The standard InChI is InChI=1S/C18H21N7O4S/c1-27-14-6-5-12(8-15(14)28-2)9-21-22-17-23-24-18(25(17)19)30-11-16(26)20-10-13-4-3-7-29-13/h3-9H,10-11,19H2,1-2H3,(H,20,26)(H,22,23)/b21-9+. The smallest absolute Gasteiger partial charge is 0.264 e. The zero-order valence-corrected chi connectivity index (χ0v) is 17.2. The van der Waals surface area contributed by atoms with E-state index >= 15 is 0 Å². The fraction of sp³-hybridized carbons (Fsp3) is 0.222. The van der Waals surface area contributed by atoms with E-state index in [0.717, 1.165) is 17.3 Å². The molecule has 158 valence electrons. The molecule has 3 aromatic rings. The Morgan fingerprint density at radius 2 is 2.13 bits per heavy atom. The largest absolute Gasteiger partial charge is 0.493 e. The lowest BCUT2D eigenvalue weighted by Gasteiger charge is -2.07. The minimum Gasteiger partial charge on any atom is -0.493 e. The number of hydrogen-bond donors (Lipinski definition) is 3. The first-order valence-corrected chi connectivity index (χ1v) is 9.72. The van der Waals surface area contributed by atoms with Crippen LogP contribution in [0.4, 0.5) is 5.95 Å². The van der Waals surface area contributed by atoms with Crippen LogP contribution in [0.3, 0.4) is 0 Å². The third kappa shape index (κ3) is 5.44. The van der Waals surface area contributed by atoms with Gasteiger partial charge in [0.2, 0.25) is 11.1 Å². The molecule has 12 heteroatoms. The molecule has 0 saturated carbocycles. The molecule has 0 saturated heterocycles. The maximum absolute atomic E-state index is 11.9. The number of nitrogens with two attached hydrogens (primary N) is 1. The summed E-state index contributed by atoms with van der Waals surface area (Å²) in [4.78, 5) is 11.9. The number of ether oxygens (including phenoxy) is 2. The lowest BCUT2D eigenvalue weighted by molar-refractivity contribution is -0.118. The van der Waals surface area contributed by atoms with E-state index in [2.05, 4.69) is 26.0 Å². The number of anilines is 1. The summed E-state index contributed by atoms with van der Waals surface area (Å²) in [5, 5.41) is 15.1. The molecule has 2 heterocycles. The Morgan fingerprint density at radius 3 is 2.87 bits per heavy atom. The molecule has 0 aliphatic heterocycles. The molecule has 1 amide bonds. The predicted molar refractivity (Wildman–Crippen MR) is 112 cm³/mol. The van der Waals surface area contributed by atoms with E-state index in [1.54, 1.807) is 51.0 Å². The van der Waals surface area contributed by atoms with Gasteiger partial charge in [0, 0.05) is 0 Å². The zero-order valence-electron chi connectivity index (χ0n) is 16.4. The van der Waals surface area contributed by atoms with Gasteiger partial charge in [0.05, 0.1) is 39.0 Å². The van der Waals surface area contributed by atoms with Crippen LogP contribution in [0.2, 0.25) is 0 Å². The van der Waals surface area contributed by atoms with Crippen molar-refractivity contribution in [3.63, 3.8) is 0 Å². The van der Waals surface area contributed by atoms with Gasteiger partial charge in [-0.3, -0.25) is 4.79 Å². The van der Waals surface area contributed by atoms with E-state index in [9.17, 15) is 4.79 Å². The molecule has 2 aromatic heterocycles. The van der Waals surface area contributed by atoms with Crippen molar-refractivity contribution in [3.05, 3.63) is 47.9 Å². The zero-order chi connectivity index (χ0) is 21.3. The first-order valence-electron chi connectivity index (χ1n) is 8.74. The van der Waals surface area contributed by atoms with Gasteiger partial charge < -0.3 is 25.1 Å². The Labute approximate surface area is 176 Å². The molecule has 4 N–H and O–H groups in total. The van der Waals surface area contributed by atoms with Crippen LogP contribution in [0.1, 0.15) is 11.3 Å². The number of carbonyl (C=O) groups is 1. The normalized spacial score (nSPS) is 10.9. The van der Waals surface area contributed by atoms with E-state index in [1.165, 1.54) is 4.68 Å². The third-order valence-electron chi connectivity index (χ3n) is 3.82. The SMILES string of the molecule is COc1ccc(/C=N/Nc2nnc(SCC(=O)NCc3ccco3)n2N)cc1OC. The number of hydrazone groups is 1. The Hall–Kier alpha value is -3.67. The highest BCUT2D eigenvalue weighted by Gasteiger charge is 2.12. The van der Waals surface area contributed by atoms with Crippen molar-refractivity contribution in [2.24, 2.45) is 5.10 Å². The van der Waals surface area contributed by atoms with Gasteiger partial charge in [0.15, 0.2) is 11.5 Å². The molecule has 0 atom stereocenters. The van der Waals surface area contributed by atoms with Crippen LogP contribution in [-0.2, 0) is 11.3 Å². The Balaban J connectivity index is 1.51. The summed E-state index contributed by atoms with van der Waals surface area (Å²) in [6, 6.07) is 8.92. The van der Waals surface area contributed by atoms with Gasteiger partial charge in [0.25, 0.3) is 5.95 Å². The van der Waals surface area contributed by atoms with Crippen LogP contribution in [0.25, 0.3) is 0 Å². The molecule has 0 radical (unpaired) electrons. The minimum atomic E-state index is -0.180. The molecule has 0 bridgehead atoms. The number of nitrogens with zero attached hydrogens (tertiary/aromatic N) is 4. The number of furan rings is 1. The lowest BCUT2D eigenvalue weighted by Crippen LogP contribution is -2.24. The van der Waals surface area contributed by atoms with Crippen molar-refractivity contribution in [2.45, 2.75) is 11.7 Å². The van der Waals surface area contributed by atoms with E-state index < -0.39 is 0 Å². The second-order valence-electron chi connectivity index (χ2n) is 5.81. The number of thioether (sulfide) groups is 1. The summed E-state index contributed by atoms with van der Waals surface area (Å²) in [5.74, 6) is 8.02. The molecule has 11 nitrogen and oxygen atoms in total. The number of nitrogen functional groups attached to an aromatic ring is 1. The first kappa shape index (κ1) is 21.0. The number of benzene rings is 1. The van der Waals surface area contributed by atoms with Gasteiger partial charge in [-0.25, -0.2) is 10.1 Å². The maximum Gasteiger partial charge on any atom is 0.264 e. The Morgan fingerprint density at radius 1 is 1.30 bits per heavy atom. The topological polar surface area (TPSA) is 142 Å². The average molecular weight is 431 g/mol. The number of nitrogens with one attached hydrogen (secondary N) is 2. The Bertz CT molecular complexity index is 1000. The van der Waals surface area contributed by atoms with Crippen molar-refractivity contribution < 1.29 is 18.7 Å². The minimum absolute atomic E-state index is 0.130. The molecule has 0 spiro atoms. The number of carbonyl (C=O) groups excluding carboxylic acids is 1. The lowest BCUT2D eigenvalue weighted by atomic mass is 10.2. The van der Waals surface area contributed by atoms with E-state index in [1.807, 2.05) is 6.07 Å². The first-order chi connectivity index (χ1) is 14.6. The molecule has 0 unspecified atom stereocenters. The summed E-state index contributed by atoms with van der Waals surface area (Å²) < 4.78 is 16.8. The molecule has 0 fully saturated rings. The number of hydrogen-bond acceptors (Lipinski definition) is 10. The van der Waals surface area contributed by atoms with Crippen molar-refractivity contribution in [1.29, 1.82) is 0 Å². The van der Waals surface area contributed by atoms with Gasteiger partial charge in [-0.2, -0.15) is 5.10 Å². The van der Waals surface area contributed by atoms with Crippen LogP contribution >= 0.6 is 11.8 Å². The van der Waals surface area contributed by atoms with E-state index in [-0.39, 0.29) is 17.6 Å². The monoisotopic (exact) mass is 431 g/mol. The number of amides is 1. The fourth-order valence-corrected chi connectivity index (χ4v) is 3.02. The summed E-state index contributed by atoms with van der Waals surface area (Å²) >= 11 is 1.15. The van der Waals surface area contributed by atoms with Crippen LogP contribution in [0.5, 0.6) is 11.5 Å². The van der Waals surface area contributed by atoms with Crippen molar-refractivity contribution in [3.8, 4) is 11.5 Å². The highest BCUT2D eigenvalue weighted by molar-refractivity contribution is 7.99. The molecular formula is C18H21N7O4S. The number of aromatic nitrogens is 3. The van der Waals surface area contributed by atoms with Crippen LogP contribution in [0.15, 0.2) is 51.3 Å². The maximum atomic E-state index is 11.9. The van der Waals surface area contributed by atoms with Gasteiger partial charge in [-0.05, 0) is 35.9 Å². The highest BCUT2D eigenvalue weighted by Crippen LogP contribution is 2.26. The molecule has 1 aromatic carbocycles. The van der Waals surface area contributed by atoms with E-state index in [4.69, 9.17) is 19.7 Å².